The van der Waals surface area contributed by atoms with Crippen LogP contribution in [-0.4, -0.2) is 21.5 Å². The average molecular weight is 291 g/mol. The summed E-state index contributed by atoms with van der Waals surface area (Å²) in [5.74, 6) is 2.73. The second-order valence-electron chi connectivity index (χ2n) is 4.56. The van der Waals surface area contributed by atoms with Crippen LogP contribution in [0.25, 0.3) is 0 Å². The lowest BCUT2D eigenvalue weighted by Gasteiger charge is -2.14. The first-order valence-electron chi connectivity index (χ1n) is 6.97. The van der Waals surface area contributed by atoms with Crippen molar-refractivity contribution < 1.29 is 0 Å². The van der Waals surface area contributed by atoms with Gasteiger partial charge in [-0.2, -0.15) is 0 Å². The van der Waals surface area contributed by atoms with Crippen molar-refractivity contribution in [2.45, 2.75) is 40.2 Å². The van der Waals surface area contributed by atoms with E-state index in [9.17, 15) is 0 Å². The summed E-state index contributed by atoms with van der Waals surface area (Å²) in [5.41, 5.74) is 2.91. The number of anilines is 2. The molecule has 0 atom stereocenters. The zero-order valence-electron chi connectivity index (χ0n) is 12.2. The van der Waals surface area contributed by atoms with Gasteiger partial charge in [-0.1, -0.05) is 6.92 Å². The van der Waals surface area contributed by atoms with Gasteiger partial charge in [-0.15, -0.1) is 11.3 Å². The van der Waals surface area contributed by atoms with Gasteiger partial charge in [-0.3, -0.25) is 4.98 Å². The number of nitrogens with one attached hydrogen (secondary N) is 2. The van der Waals surface area contributed by atoms with Crippen LogP contribution in [0.4, 0.5) is 11.6 Å². The highest BCUT2D eigenvalue weighted by Gasteiger charge is 2.10. The van der Waals surface area contributed by atoms with E-state index in [1.807, 2.05) is 18.6 Å². The van der Waals surface area contributed by atoms with E-state index in [0.29, 0.717) is 0 Å². The molecule has 5 nitrogen and oxygen atoms in total. The van der Waals surface area contributed by atoms with Gasteiger partial charge >= 0.3 is 0 Å². The molecule has 0 aliphatic rings. The first-order chi connectivity index (χ1) is 9.74. The normalized spacial score (nSPS) is 10.6. The van der Waals surface area contributed by atoms with E-state index in [2.05, 4.69) is 39.4 Å². The minimum atomic E-state index is 0.750. The SMILES string of the molecule is CCCc1nc(NCC)c(C)c(NCc2cncs2)n1. The van der Waals surface area contributed by atoms with Crippen LogP contribution in [0.5, 0.6) is 0 Å². The highest BCUT2D eigenvalue weighted by atomic mass is 32.1. The third-order valence-electron chi connectivity index (χ3n) is 2.92. The van der Waals surface area contributed by atoms with Gasteiger partial charge in [-0.25, -0.2) is 9.97 Å². The molecule has 108 valence electrons. The molecule has 0 aromatic carbocycles. The zero-order valence-corrected chi connectivity index (χ0v) is 13.0. The largest absolute Gasteiger partial charge is 0.370 e. The number of hydrogen-bond acceptors (Lipinski definition) is 6. The average Bonchev–Trinajstić information content (AvgIpc) is 2.94. The molecule has 6 heteroatoms. The minimum Gasteiger partial charge on any atom is -0.370 e. The molecule has 0 amide bonds. The smallest absolute Gasteiger partial charge is 0.135 e. The summed E-state index contributed by atoms with van der Waals surface area (Å²) in [5, 5.41) is 6.70. The van der Waals surface area contributed by atoms with Crippen LogP contribution >= 0.6 is 11.3 Å². The van der Waals surface area contributed by atoms with E-state index in [1.54, 1.807) is 11.3 Å². The molecule has 0 aliphatic carbocycles. The van der Waals surface area contributed by atoms with Crippen molar-refractivity contribution in [3.05, 3.63) is 28.0 Å². The van der Waals surface area contributed by atoms with Crippen LogP contribution in [0.1, 0.15) is 36.5 Å². The van der Waals surface area contributed by atoms with Crippen molar-refractivity contribution >= 4 is 23.0 Å². The molecule has 0 spiro atoms. The highest BCUT2D eigenvalue weighted by Crippen LogP contribution is 2.21. The molecule has 0 saturated carbocycles. The van der Waals surface area contributed by atoms with Gasteiger partial charge in [0.2, 0.25) is 0 Å². The molecule has 0 aliphatic heterocycles. The fourth-order valence-electron chi connectivity index (χ4n) is 1.91. The summed E-state index contributed by atoms with van der Waals surface area (Å²) in [6.07, 6.45) is 3.82. The lowest BCUT2D eigenvalue weighted by atomic mass is 10.2. The van der Waals surface area contributed by atoms with Gasteiger partial charge in [0.1, 0.15) is 17.5 Å². The van der Waals surface area contributed by atoms with Crippen molar-refractivity contribution in [2.75, 3.05) is 17.2 Å². The Morgan fingerprint density at radius 3 is 2.50 bits per heavy atom. The molecule has 0 fully saturated rings. The topological polar surface area (TPSA) is 62.7 Å². The molecule has 0 bridgehead atoms. The number of nitrogens with zero attached hydrogens (tertiary/aromatic N) is 3. The lowest BCUT2D eigenvalue weighted by Crippen LogP contribution is -2.11. The quantitative estimate of drug-likeness (QED) is 0.820. The number of thiazole rings is 1. The van der Waals surface area contributed by atoms with Gasteiger partial charge in [0.15, 0.2) is 0 Å². The molecule has 2 rings (SSSR count). The molecule has 0 unspecified atom stereocenters. The molecular weight excluding hydrogens is 270 g/mol. The van der Waals surface area contributed by atoms with Gasteiger partial charge in [0.25, 0.3) is 0 Å². The number of aryl methyl sites for hydroxylation is 1. The van der Waals surface area contributed by atoms with Crippen LogP contribution in [0.3, 0.4) is 0 Å². The van der Waals surface area contributed by atoms with Crippen LogP contribution < -0.4 is 10.6 Å². The lowest BCUT2D eigenvalue weighted by molar-refractivity contribution is 0.830. The minimum absolute atomic E-state index is 0.750. The van der Waals surface area contributed by atoms with Crippen LogP contribution in [0, 0.1) is 6.92 Å². The Balaban J connectivity index is 2.20. The van der Waals surface area contributed by atoms with E-state index in [4.69, 9.17) is 0 Å². The molecule has 2 aromatic heterocycles. The molecule has 2 N–H and O–H groups in total. The van der Waals surface area contributed by atoms with Gasteiger partial charge in [0, 0.05) is 29.6 Å². The Morgan fingerprint density at radius 2 is 1.90 bits per heavy atom. The zero-order chi connectivity index (χ0) is 14.4. The van der Waals surface area contributed by atoms with Crippen LogP contribution in [0.2, 0.25) is 0 Å². The molecule has 2 aromatic rings. The van der Waals surface area contributed by atoms with Crippen LogP contribution in [-0.2, 0) is 13.0 Å². The molecule has 0 saturated heterocycles. The maximum Gasteiger partial charge on any atom is 0.135 e. The van der Waals surface area contributed by atoms with E-state index >= 15 is 0 Å². The molecule has 2 heterocycles. The maximum absolute atomic E-state index is 4.63. The van der Waals surface area contributed by atoms with Gasteiger partial charge in [-0.05, 0) is 20.3 Å². The van der Waals surface area contributed by atoms with E-state index in [1.165, 1.54) is 4.88 Å². The summed E-state index contributed by atoms with van der Waals surface area (Å²) in [7, 11) is 0. The van der Waals surface area contributed by atoms with Crippen molar-refractivity contribution in [2.24, 2.45) is 0 Å². The fraction of sp³-hybridized carbons (Fsp3) is 0.500. The molecule has 20 heavy (non-hydrogen) atoms. The molecular formula is C14H21N5S. The summed E-state index contributed by atoms with van der Waals surface area (Å²) in [6.45, 7) is 7.87. The van der Waals surface area contributed by atoms with Crippen LogP contribution in [0.15, 0.2) is 11.7 Å². The summed E-state index contributed by atoms with van der Waals surface area (Å²) in [6, 6.07) is 0. The second kappa shape index (κ2) is 7.19. The van der Waals surface area contributed by atoms with Gasteiger partial charge < -0.3 is 10.6 Å². The predicted molar refractivity (Wildman–Crippen MR) is 84.4 cm³/mol. The first-order valence-corrected chi connectivity index (χ1v) is 7.85. The van der Waals surface area contributed by atoms with Crippen molar-refractivity contribution in [1.82, 2.24) is 15.0 Å². The van der Waals surface area contributed by atoms with E-state index in [-0.39, 0.29) is 0 Å². The van der Waals surface area contributed by atoms with Gasteiger partial charge in [0.05, 0.1) is 12.1 Å². The summed E-state index contributed by atoms with van der Waals surface area (Å²) in [4.78, 5) is 14.5. The maximum atomic E-state index is 4.63. The fourth-order valence-corrected chi connectivity index (χ4v) is 2.44. The highest BCUT2D eigenvalue weighted by molar-refractivity contribution is 7.09. The molecule has 0 radical (unpaired) electrons. The second-order valence-corrected chi connectivity index (χ2v) is 5.53. The van der Waals surface area contributed by atoms with E-state index < -0.39 is 0 Å². The Bertz CT molecular complexity index is 539. The summed E-state index contributed by atoms with van der Waals surface area (Å²) < 4.78 is 0. The number of rotatable bonds is 7. The van der Waals surface area contributed by atoms with E-state index in [0.717, 1.165) is 49.0 Å². The first kappa shape index (κ1) is 14.7. The Hall–Kier alpha value is -1.69. The van der Waals surface area contributed by atoms with Crippen molar-refractivity contribution in [3.63, 3.8) is 0 Å². The van der Waals surface area contributed by atoms with Crippen molar-refractivity contribution in [3.8, 4) is 0 Å². The standard InChI is InChI=1S/C14H21N5S/c1-4-6-12-18-13(16-5-2)10(3)14(19-12)17-8-11-7-15-9-20-11/h7,9H,4-6,8H2,1-3H3,(H2,16,17,18,19). The third-order valence-corrected chi connectivity index (χ3v) is 3.70. The predicted octanol–water partition coefficient (Wildman–Crippen LogP) is 3.24. The Kier molecular flexibility index (Phi) is 5.29. The Labute approximate surface area is 123 Å². The Morgan fingerprint density at radius 1 is 1.15 bits per heavy atom. The summed E-state index contributed by atoms with van der Waals surface area (Å²) >= 11 is 1.64. The monoisotopic (exact) mass is 291 g/mol. The number of hydrogen-bond donors (Lipinski definition) is 2. The third kappa shape index (κ3) is 3.66. The van der Waals surface area contributed by atoms with Crippen molar-refractivity contribution in [1.29, 1.82) is 0 Å². The number of aromatic nitrogens is 3.